The molecule has 0 aliphatic heterocycles. The molecule has 0 saturated heterocycles. The van der Waals surface area contributed by atoms with E-state index >= 15 is 0 Å². The summed E-state index contributed by atoms with van der Waals surface area (Å²) in [5.74, 6) is 1.87. The Morgan fingerprint density at radius 3 is 1.34 bits per heavy atom. The Balaban J connectivity index is 1.26. The van der Waals surface area contributed by atoms with E-state index in [0.29, 0.717) is 17.5 Å². The zero-order valence-corrected chi connectivity index (χ0v) is 28.8. The third kappa shape index (κ3) is 5.36. The Hall–Kier alpha value is -7.17. The van der Waals surface area contributed by atoms with Crippen molar-refractivity contribution in [2.75, 3.05) is 0 Å². The van der Waals surface area contributed by atoms with Gasteiger partial charge in [-0.3, -0.25) is 0 Å². The van der Waals surface area contributed by atoms with Crippen LogP contribution in [0.25, 0.3) is 94.7 Å². The molecule has 0 spiro atoms. The van der Waals surface area contributed by atoms with Crippen molar-refractivity contribution in [2.45, 2.75) is 0 Å². The van der Waals surface area contributed by atoms with Crippen LogP contribution in [0.4, 0.5) is 0 Å². The number of hydrogen-bond acceptors (Lipinski definition) is 3. The molecule has 0 unspecified atom stereocenters. The fourth-order valence-electron chi connectivity index (χ4n) is 7.59. The highest BCUT2D eigenvalue weighted by Gasteiger charge is 2.21. The summed E-state index contributed by atoms with van der Waals surface area (Å²) >= 11 is 0. The first kappa shape index (κ1) is 30.6. The fourth-order valence-corrected chi connectivity index (χ4v) is 7.59. The summed E-state index contributed by atoms with van der Waals surface area (Å²) in [6, 6.07) is 68.0. The molecule has 0 bridgehead atoms. The second kappa shape index (κ2) is 12.9. The lowest BCUT2D eigenvalue weighted by Gasteiger charge is -2.17. The van der Waals surface area contributed by atoms with Crippen molar-refractivity contribution in [3.8, 4) is 62.1 Å². The van der Waals surface area contributed by atoms with Gasteiger partial charge in [0.15, 0.2) is 17.5 Å². The van der Waals surface area contributed by atoms with Gasteiger partial charge < -0.3 is 4.57 Å². The van der Waals surface area contributed by atoms with E-state index in [-0.39, 0.29) is 0 Å². The molecule has 0 amide bonds. The molecule has 0 atom stereocenters. The first-order valence-electron chi connectivity index (χ1n) is 17.9. The van der Waals surface area contributed by atoms with Crippen LogP contribution < -0.4 is 0 Å². The Morgan fingerprint density at radius 1 is 0.283 bits per heavy atom. The predicted molar refractivity (Wildman–Crippen MR) is 219 cm³/mol. The third-order valence-corrected chi connectivity index (χ3v) is 10.1. The van der Waals surface area contributed by atoms with Crippen molar-refractivity contribution in [1.82, 2.24) is 19.5 Å². The van der Waals surface area contributed by atoms with Gasteiger partial charge in [0.1, 0.15) is 0 Å². The van der Waals surface area contributed by atoms with Gasteiger partial charge in [-0.15, -0.1) is 0 Å². The van der Waals surface area contributed by atoms with Crippen molar-refractivity contribution in [3.63, 3.8) is 0 Å². The molecule has 248 valence electrons. The molecule has 10 aromatic rings. The highest BCUT2D eigenvalue weighted by atomic mass is 15.1. The van der Waals surface area contributed by atoms with Gasteiger partial charge in [0, 0.05) is 27.5 Å². The minimum Gasteiger partial charge on any atom is -0.308 e. The molecule has 8 aromatic carbocycles. The maximum Gasteiger partial charge on any atom is 0.166 e. The van der Waals surface area contributed by atoms with E-state index < -0.39 is 0 Å². The zero-order chi connectivity index (χ0) is 35.1. The highest BCUT2D eigenvalue weighted by molar-refractivity contribution is 6.10. The molecule has 4 heteroatoms. The van der Waals surface area contributed by atoms with E-state index in [2.05, 4.69) is 180 Å². The summed E-state index contributed by atoms with van der Waals surface area (Å²) < 4.78 is 2.36. The number of aromatic nitrogens is 4. The Labute approximate surface area is 307 Å². The summed E-state index contributed by atoms with van der Waals surface area (Å²) in [5.41, 5.74) is 10.7. The SMILES string of the molecule is c1ccc(-c2ccc(-c3nc(-c4ccccc4)nc(-c4ccc(-c5ccccc5)c5ccccc45)n3)c(-n3c4ccccc4c4ccccc43)c2)cc1. The second-order valence-electron chi connectivity index (χ2n) is 13.2. The van der Waals surface area contributed by atoms with Gasteiger partial charge in [-0.05, 0) is 63.4 Å². The Bertz CT molecular complexity index is 2880. The quantitative estimate of drug-likeness (QED) is 0.176. The van der Waals surface area contributed by atoms with Crippen molar-refractivity contribution >= 4 is 32.6 Å². The molecular formula is C49H32N4. The molecule has 0 fully saturated rings. The highest BCUT2D eigenvalue weighted by Crippen LogP contribution is 2.39. The van der Waals surface area contributed by atoms with Crippen LogP contribution in [-0.2, 0) is 0 Å². The van der Waals surface area contributed by atoms with Crippen LogP contribution in [0, 0.1) is 0 Å². The van der Waals surface area contributed by atoms with Crippen molar-refractivity contribution < 1.29 is 0 Å². The molecule has 2 aromatic heterocycles. The zero-order valence-electron chi connectivity index (χ0n) is 28.8. The largest absolute Gasteiger partial charge is 0.308 e. The minimum absolute atomic E-state index is 0.613. The topological polar surface area (TPSA) is 43.6 Å². The average Bonchev–Trinajstić information content (AvgIpc) is 3.58. The average molecular weight is 677 g/mol. The van der Waals surface area contributed by atoms with Gasteiger partial charge in [-0.2, -0.15) is 0 Å². The molecular weight excluding hydrogens is 645 g/mol. The lowest BCUT2D eigenvalue weighted by Crippen LogP contribution is -2.04. The Morgan fingerprint density at radius 2 is 0.717 bits per heavy atom. The number of rotatable bonds is 6. The fraction of sp³-hybridized carbons (Fsp3) is 0. The first-order valence-corrected chi connectivity index (χ1v) is 17.9. The van der Waals surface area contributed by atoms with E-state index in [9.17, 15) is 0 Å². The molecule has 53 heavy (non-hydrogen) atoms. The van der Waals surface area contributed by atoms with Crippen molar-refractivity contribution in [2.24, 2.45) is 0 Å². The normalized spacial score (nSPS) is 11.4. The van der Waals surface area contributed by atoms with Crippen LogP contribution in [0.2, 0.25) is 0 Å². The second-order valence-corrected chi connectivity index (χ2v) is 13.2. The number of benzene rings is 8. The minimum atomic E-state index is 0.613. The number of hydrogen-bond donors (Lipinski definition) is 0. The lowest BCUT2D eigenvalue weighted by molar-refractivity contribution is 1.07. The molecule has 0 N–H and O–H groups in total. The van der Waals surface area contributed by atoms with Crippen LogP contribution in [0.3, 0.4) is 0 Å². The molecule has 0 aliphatic rings. The summed E-state index contributed by atoms with van der Waals surface area (Å²) in [5, 5.41) is 4.64. The van der Waals surface area contributed by atoms with Gasteiger partial charge in [-0.1, -0.05) is 164 Å². The molecule has 0 saturated carbocycles. The summed E-state index contributed by atoms with van der Waals surface area (Å²) in [4.78, 5) is 15.8. The maximum atomic E-state index is 5.35. The lowest BCUT2D eigenvalue weighted by atomic mass is 9.94. The van der Waals surface area contributed by atoms with E-state index in [1.54, 1.807) is 0 Å². The van der Waals surface area contributed by atoms with E-state index in [4.69, 9.17) is 15.0 Å². The smallest absolute Gasteiger partial charge is 0.166 e. The van der Waals surface area contributed by atoms with Crippen LogP contribution in [-0.4, -0.2) is 19.5 Å². The molecule has 4 nitrogen and oxygen atoms in total. The van der Waals surface area contributed by atoms with E-state index in [1.165, 1.54) is 21.9 Å². The molecule has 0 radical (unpaired) electrons. The molecule has 0 aliphatic carbocycles. The number of fused-ring (bicyclic) bond motifs is 4. The van der Waals surface area contributed by atoms with Gasteiger partial charge in [0.2, 0.25) is 0 Å². The maximum absolute atomic E-state index is 5.35. The Kier molecular flexibility index (Phi) is 7.43. The van der Waals surface area contributed by atoms with Gasteiger partial charge >= 0.3 is 0 Å². The summed E-state index contributed by atoms with van der Waals surface area (Å²) in [6.07, 6.45) is 0. The van der Waals surface area contributed by atoms with Crippen LogP contribution >= 0.6 is 0 Å². The van der Waals surface area contributed by atoms with Crippen LogP contribution in [0.15, 0.2) is 194 Å². The van der Waals surface area contributed by atoms with E-state index in [0.717, 1.165) is 55.3 Å². The van der Waals surface area contributed by atoms with Gasteiger partial charge in [0.05, 0.1) is 16.7 Å². The molecule has 2 heterocycles. The summed E-state index contributed by atoms with van der Waals surface area (Å²) in [7, 11) is 0. The van der Waals surface area contributed by atoms with Crippen LogP contribution in [0.5, 0.6) is 0 Å². The third-order valence-electron chi connectivity index (χ3n) is 10.1. The summed E-state index contributed by atoms with van der Waals surface area (Å²) in [6.45, 7) is 0. The van der Waals surface area contributed by atoms with Gasteiger partial charge in [0.25, 0.3) is 0 Å². The standard InChI is InChI=1S/C49H32N4/c1-4-16-33(17-5-1)36-28-29-43(46(32-36)53-44-26-14-12-24-40(44)41-25-13-15-27-45(41)53)49-51-47(35-20-8-3-9-21-35)50-48(52-49)42-31-30-37(34-18-6-2-7-19-34)38-22-10-11-23-39(38)42/h1-32H. The van der Waals surface area contributed by atoms with Crippen LogP contribution in [0.1, 0.15) is 0 Å². The van der Waals surface area contributed by atoms with Crippen molar-refractivity contribution in [3.05, 3.63) is 194 Å². The first-order chi connectivity index (χ1) is 26.3. The monoisotopic (exact) mass is 676 g/mol. The van der Waals surface area contributed by atoms with Gasteiger partial charge in [-0.25, -0.2) is 15.0 Å². The van der Waals surface area contributed by atoms with E-state index in [1.807, 2.05) is 18.2 Å². The molecule has 10 rings (SSSR count). The number of nitrogens with zero attached hydrogens (tertiary/aromatic N) is 4. The van der Waals surface area contributed by atoms with Crippen molar-refractivity contribution in [1.29, 1.82) is 0 Å². The predicted octanol–water partition coefficient (Wildman–Crippen LogP) is 12.5. The number of para-hydroxylation sites is 2.